The van der Waals surface area contributed by atoms with E-state index in [0.29, 0.717) is 12.0 Å². The summed E-state index contributed by atoms with van der Waals surface area (Å²) >= 11 is 3.32. The first kappa shape index (κ1) is 13.9. The normalized spacial score (nSPS) is 10.0. The molecule has 1 N–H and O–H groups in total. The number of unbranched alkanes of at least 4 members (excludes halogenated alkanes) is 1. The second-order valence-corrected chi connectivity index (χ2v) is 4.62. The van der Waals surface area contributed by atoms with Crippen molar-refractivity contribution in [1.29, 1.82) is 0 Å². The van der Waals surface area contributed by atoms with Crippen molar-refractivity contribution >= 4 is 33.3 Å². The van der Waals surface area contributed by atoms with E-state index in [2.05, 4.69) is 21.2 Å². The Bertz CT molecular complexity index is 387. The van der Waals surface area contributed by atoms with Crippen LogP contribution in [0.2, 0.25) is 0 Å². The molecule has 92 valence electrons. The van der Waals surface area contributed by atoms with Gasteiger partial charge in [0.15, 0.2) is 5.78 Å². The highest BCUT2D eigenvalue weighted by Gasteiger charge is 2.03. The first-order chi connectivity index (χ1) is 8.13. The lowest BCUT2D eigenvalue weighted by Gasteiger charge is -2.05. The first-order valence-corrected chi connectivity index (χ1v) is 6.72. The summed E-state index contributed by atoms with van der Waals surface area (Å²) in [5.74, 6) is 0.0433. The van der Waals surface area contributed by atoms with Crippen LogP contribution in [0, 0.1) is 0 Å². The second kappa shape index (κ2) is 7.22. The number of amides is 1. The Morgan fingerprint density at radius 3 is 2.35 bits per heavy atom. The van der Waals surface area contributed by atoms with Crippen LogP contribution in [0.5, 0.6) is 0 Å². The topological polar surface area (TPSA) is 46.2 Å². The van der Waals surface area contributed by atoms with Crippen LogP contribution in [0.15, 0.2) is 24.3 Å². The molecule has 0 atom stereocenters. The minimum absolute atomic E-state index is 0.0153. The maximum Gasteiger partial charge on any atom is 0.224 e. The molecule has 1 rings (SSSR count). The van der Waals surface area contributed by atoms with Gasteiger partial charge in [-0.1, -0.05) is 15.9 Å². The number of rotatable bonds is 6. The largest absolute Gasteiger partial charge is 0.326 e. The Balaban J connectivity index is 2.46. The molecule has 0 aliphatic rings. The van der Waals surface area contributed by atoms with Crippen LogP contribution in [0.4, 0.5) is 5.69 Å². The Morgan fingerprint density at radius 2 is 1.82 bits per heavy atom. The molecular formula is C13H16BrNO2. The molecule has 0 fully saturated rings. The number of hydrogen-bond donors (Lipinski definition) is 1. The smallest absolute Gasteiger partial charge is 0.224 e. The quantitative estimate of drug-likeness (QED) is 0.497. The molecule has 1 aromatic rings. The van der Waals surface area contributed by atoms with Crippen molar-refractivity contribution < 1.29 is 9.59 Å². The fourth-order valence-corrected chi connectivity index (χ4v) is 1.79. The Kier molecular flexibility index (Phi) is 5.91. The Hall–Kier alpha value is -1.16. The highest BCUT2D eigenvalue weighted by atomic mass is 79.9. The third-order valence-electron chi connectivity index (χ3n) is 2.36. The summed E-state index contributed by atoms with van der Waals surface area (Å²) in [4.78, 5) is 22.6. The van der Waals surface area contributed by atoms with Crippen LogP contribution < -0.4 is 5.32 Å². The number of hydrogen-bond acceptors (Lipinski definition) is 2. The average molecular weight is 298 g/mol. The summed E-state index contributed by atoms with van der Waals surface area (Å²) in [6.07, 6.45) is 2.40. The zero-order chi connectivity index (χ0) is 12.7. The van der Waals surface area contributed by atoms with Gasteiger partial charge in [-0.25, -0.2) is 0 Å². The van der Waals surface area contributed by atoms with Crippen LogP contribution in [-0.2, 0) is 4.79 Å². The van der Waals surface area contributed by atoms with E-state index in [1.54, 1.807) is 24.3 Å². The Morgan fingerprint density at radius 1 is 1.18 bits per heavy atom. The molecule has 0 aromatic heterocycles. The molecule has 0 unspecified atom stereocenters. The molecule has 4 heteroatoms. The first-order valence-electron chi connectivity index (χ1n) is 5.60. The van der Waals surface area contributed by atoms with Gasteiger partial charge in [0.1, 0.15) is 0 Å². The van der Waals surface area contributed by atoms with E-state index in [9.17, 15) is 9.59 Å². The highest BCUT2D eigenvalue weighted by Crippen LogP contribution is 2.11. The molecule has 17 heavy (non-hydrogen) atoms. The maximum atomic E-state index is 11.5. The Labute approximate surface area is 110 Å². The zero-order valence-corrected chi connectivity index (χ0v) is 11.4. The molecule has 3 nitrogen and oxygen atoms in total. The monoisotopic (exact) mass is 297 g/mol. The van der Waals surface area contributed by atoms with Gasteiger partial charge in [-0.15, -0.1) is 0 Å². The summed E-state index contributed by atoms with van der Waals surface area (Å²) < 4.78 is 0. The van der Waals surface area contributed by atoms with Crippen molar-refractivity contribution in [2.75, 3.05) is 10.6 Å². The van der Waals surface area contributed by atoms with E-state index in [1.165, 1.54) is 6.92 Å². The van der Waals surface area contributed by atoms with Gasteiger partial charge in [0.2, 0.25) is 5.91 Å². The average Bonchev–Trinajstić information content (AvgIpc) is 2.30. The fraction of sp³-hybridized carbons (Fsp3) is 0.385. The molecule has 0 saturated carbocycles. The van der Waals surface area contributed by atoms with Crippen molar-refractivity contribution in [1.82, 2.24) is 0 Å². The number of carbonyl (C=O) groups excluding carboxylic acids is 2. The number of Topliss-reactive ketones (excluding diaryl/α,β-unsaturated/α-hetero) is 1. The number of anilines is 1. The van der Waals surface area contributed by atoms with Gasteiger partial charge in [-0.05, 0) is 44.0 Å². The van der Waals surface area contributed by atoms with Gasteiger partial charge in [0, 0.05) is 23.0 Å². The molecule has 1 amide bonds. The van der Waals surface area contributed by atoms with Crippen LogP contribution in [0.1, 0.15) is 36.5 Å². The van der Waals surface area contributed by atoms with Crippen LogP contribution in [0.3, 0.4) is 0 Å². The van der Waals surface area contributed by atoms with E-state index >= 15 is 0 Å². The van der Waals surface area contributed by atoms with E-state index in [0.717, 1.165) is 23.9 Å². The van der Waals surface area contributed by atoms with Crippen molar-refractivity contribution in [3.05, 3.63) is 29.8 Å². The number of benzene rings is 1. The lowest BCUT2D eigenvalue weighted by atomic mass is 10.1. The van der Waals surface area contributed by atoms with Crippen molar-refractivity contribution in [2.24, 2.45) is 0 Å². The second-order valence-electron chi connectivity index (χ2n) is 3.83. The van der Waals surface area contributed by atoms with E-state index < -0.39 is 0 Å². The highest BCUT2D eigenvalue weighted by molar-refractivity contribution is 9.09. The summed E-state index contributed by atoms with van der Waals surface area (Å²) in [7, 11) is 0. The van der Waals surface area contributed by atoms with Crippen LogP contribution >= 0.6 is 15.9 Å². The molecule has 0 aliphatic heterocycles. The van der Waals surface area contributed by atoms with Crippen molar-refractivity contribution in [2.45, 2.75) is 26.2 Å². The summed E-state index contributed by atoms with van der Waals surface area (Å²) in [5, 5.41) is 3.73. The number of ketones is 1. The minimum atomic E-state index is 0.0153. The third-order valence-corrected chi connectivity index (χ3v) is 2.92. The van der Waals surface area contributed by atoms with E-state index in [-0.39, 0.29) is 11.7 Å². The fourth-order valence-electron chi connectivity index (χ4n) is 1.39. The van der Waals surface area contributed by atoms with Gasteiger partial charge in [0.25, 0.3) is 0 Å². The molecule has 0 radical (unpaired) electrons. The lowest BCUT2D eigenvalue weighted by Crippen LogP contribution is -2.11. The number of carbonyl (C=O) groups is 2. The van der Waals surface area contributed by atoms with Crippen LogP contribution in [0.25, 0.3) is 0 Å². The minimum Gasteiger partial charge on any atom is -0.326 e. The molecule has 0 saturated heterocycles. The number of halogens is 1. The van der Waals surface area contributed by atoms with Gasteiger partial charge in [-0.3, -0.25) is 9.59 Å². The number of alkyl halides is 1. The molecule has 0 spiro atoms. The lowest BCUT2D eigenvalue weighted by molar-refractivity contribution is -0.116. The van der Waals surface area contributed by atoms with Gasteiger partial charge >= 0.3 is 0 Å². The predicted octanol–water partition coefficient (Wildman–Crippen LogP) is 3.39. The molecule has 0 bridgehead atoms. The van der Waals surface area contributed by atoms with Crippen LogP contribution in [-0.4, -0.2) is 17.0 Å². The summed E-state index contributed by atoms with van der Waals surface area (Å²) in [6.45, 7) is 1.52. The molecule has 0 heterocycles. The summed E-state index contributed by atoms with van der Waals surface area (Å²) in [6, 6.07) is 6.94. The molecular weight excluding hydrogens is 282 g/mol. The van der Waals surface area contributed by atoms with E-state index in [4.69, 9.17) is 0 Å². The predicted molar refractivity (Wildman–Crippen MR) is 72.7 cm³/mol. The molecule has 0 aliphatic carbocycles. The zero-order valence-electron chi connectivity index (χ0n) is 9.83. The maximum absolute atomic E-state index is 11.5. The van der Waals surface area contributed by atoms with Gasteiger partial charge in [0.05, 0.1) is 0 Å². The van der Waals surface area contributed by atoms with Gasteiger partial charge < -0.3 is 5.32 Å². The standard InChI is InChI=1S/C13H16BrNO2/c1-10(16)11-5-7-12(8-6-11)15-13(17)4-2-3-9-14/h5-8H,2-4,9H2,1H3,(H,15,17). The van der Waals surface area contributed by atoms with Crippen molar-refractivity contribution in [3.63, 3.8) is 0 Å². The SMILES string of the molecule is CC(=O)c1ccc(NC(=O)CCCCBr)cc1. The third kappa shape index (κ3) is 5.13. The van der Waals surface area contributed by atoms with Crippen molar-refractivity contribution in [3.8, 4) is 0 Å². The summed E-state index contributed by atoms with van der Waals surface area (Å²) in [5.41, 5.74) is 1.39. The van der Waals surface area contributed by atoms with E-state index in [1.807, 2.05) is 0 Å². The molecule has 1 aromatic carbocycles. The number of nitrogens with one attached hydrogen (secondary N) is 1. The van der Waals surface area contributed by atoms with Gasteiger partial charge in [-0.2, -0.15) is 0 Å².